The van der Waals surface area contributed by atoms with Crippen LogP contribution in [0.4, 0.5) is 18.9 Å². The van der Waals surface area contributed by atoms with Crippen molar-refractivity contribution in [1.29, 1.82) is 0 Å². The summed E-state index contributed by atoms with van der Waals surface area (Å²) in [4.78, 5) is 50.9. The number of ether oxygens (including phenoxy) is 3. The highest BCUT2D eigenvalue weighted by molar-refractivity contribution is 14.1. The van der Waals surface area contributed by atoms with Crippen LogP contribution in [0.3, 0.4) is 0 Å². The van der Waals surface area contributed by atoms with Gasteiger partial charge in [-0.2, -0.15) is 21.6 Å². The quantitative estimate of drug-likeness (QED) is 0.0553. The molecule has 0 aromatic heterocycles. The number of carbonyl (C=O) groups excluding carboxylic acids is 3. The first-order chi connectivity index (χ1) is 21.7. The van der Waals surface area contributed by atoms with E-state index in [-0.39, 0.29) is 42.2 Å². The van der Waals surface area contributed by atoms with E-state index in [1.165, 1.54) is 0 Å². The third-order valence-corrected chi connectivity index (χ3v) is 12.9. The predicted octanol–water partition coefficient (Wildman–Crippen LogP) is 6.49. The molecule has 254 valence electrons. The Kier molecular flexibility index (Phi) is 10.2. The van der Waals surface area contributed by atoms with Crippen LogP contribution in [0.5, 0.6) is 5.75 Å². The van der Waals surface area contributed by atoms with E-state index < -0.39 is 73.4 Å². The smallest absolute Gasteiger partial charge is 0.426 e. The number of hydrogen-bond acceptors (Lipinski definition) is 10. The molecular weight excluding hydrogens is 996 g/mol. The lowest BCUT2D eigenvalue weighted by molar-refractivity contribution is -0.385. The molecule has 4 fully saturated rings. The van der Waals surface area contributed by atoms with E-state index in [4.69, 9.17) is 18.8 Å². The van der Waals surface area contributed by atoms with Crippen LogP contribution in [-0.4, -0.2) is 59.4 Å². The molecule has 0 amide bonds. The molecule has 0 heterocycles. The van der Waals surface area contributed by atoms with E-state index in [0.29, 0.717) is 22.8 Å². The molecule has 4 aliphatic rings. The molecule has 2 aromatic carbocycles. The number of nitro groups is 1. The fourth-order valence-electron chi connectivity index (χ4n) is 7.17. The van der Waals surface area contributed by atoms with Gasteiger partial charge in [-0.25, -0.2) is 9.59 Å². The normalized spacial score (nSPS) is 25.6. The molecule has 2 aromatic rings. The van der Waals surface area contributed by atoms with Gasteiger partial charge in [-0.3, -0.25) is 19.5 Å². The minimum Gasteiger partial charge on any atom is -0.455 e. The van der Waals surface area contributed by atoms with Crippen molar-refractivity contribution >= 4 is 101 Å². The summed E-state index contributed by atoms with van der Waals surface area (Å²) in [5, 5.41) is 11.7. The van der Waals surface area contributed by atoms with E-state index in [1.54, 1.807) is 6.07 Å². The van der Waals surface area contributed by atoms with Gasteiger partial charge in [0.15, 0.2) is 0 Å². The summed E-state index contributed by atoms with van der Waals surface area (Å²) in [6, 6.07) is 6.46. The van der Waals surface area contributed by atoms with Crippen molar-refractivity contribution in [3.8, 4) is 5.75 Å². The molecule has 0 saturated heterocycles. The minimum atomic E-state index is -5.27. The Hall–Kier alpha value is -1.86. The van der Waals surface area contributed by atoms with Crippen LogP contribution < -0.4 is 4.74 Å². The van der Waals surface area contributed by atoms with Gasteiger partial charge in [0.05, 0.1) is 21.5 Å². The number of nitrogens with zero attached hydrogens (tertiary/aromatic N) is 1. The standard InChI is InChI=1S/C28H23F3I3NO11S/c29-28(30,31)21(11-47(41,42)43)45-25(38)26-7-13-3-14(8-26)10-27(9-13,12-26)46-23(36)15-1-2-19(35(39)40)20(4-15)44-24(37)17-5-16(32)6-18(33)22(17)34/h1-2,4-6,13-14,21H,3,7-12H2,(H,41,42,43). The van der Waals surface area contributed by atoms with Crippen molar-refractivity contribution < 1.29 is 59.7 Å². The number of esters is 3. The van der Waals surface area contributed by atoms with Crippen LogP contribution in [0.15, 0.2) is 30.3 Å². The molecule has 6 rings (SSSR count). The van der Waals surface area contributed by atoms with Crippen LogP contribution in [0.2, 0.25) is 0 Å². The Bertz CT molecular complexity index is 1770. The number of benzene rings is 2. The topological polar surface area (TPSA) is 176 Å². The molecule has 4 saturated carbocycles. The lowest BCUT2D eigenvalue weighted by atomic mass is 9.48. The van der Waals surface area contributed by atoms with Crippen molar-refractivity contribution in [2.45, 2.75) is 56.4 Å². The Morgan fingerprint density at radius 3 is 2.26 bits per heavy atom. The first kappa shape index (κ1) is 36.4. The van der Waals surface area contributed by atoms with Crippen molar-refractivity contribution in [2.24, 2.45) is 17.3 Å². The van der Waals surface area contributed by atoms with Gasteiger partial charge < -0.3 is 14.2 Å². The number of hydrogen-bond donors (Lipinski definition) is 1. The van der Waals surface area contributed by atoms with Crippen LogP contribution in [0, 0.1) is 38.1 Å². The molecule has 19 heteroatoms. The molecule has 4 bridgehead atoms. The maximum absolute atomic E-state index is 13.6. The number of nitro benzene ring substituents is 1. The summed E-state index contributed by atoms with van der Waals surface area (Å²) in [7, 11) is -5.15. The zero-order valence-corrected chi connectivity index (χ0v) is 31.0. The fourth-order valence-corrected chi connectivity index (χ4v) is 10.2. The second-order valence-electron chi connectivity index (χ2n) is 12.1. The summed E-state index contributed by atoms with van der Waals surface area (Å²) in [5.41, 5.74) is -3.43. The van der Waals surface area contributed by atoms with Gasteiger partial charge in [0, 0.05) is 29.3 Å². The summed E-state index contributed by atoms with van der Waals surface area (Å²) in [5.74, 6) is -5.94. The Morgan fingerprint density at radius 1 is 1.04 bits per heavy atom. The Labute approximate surface area is 306 Å². The molecule has 3 atom stereocenters. The first-order valence-electron chi connectivity index (χ1n) is 13.8. The molecule has 3 unspecified atom stereocenters. The summed E-state index contributed by atoms with van der Waals surface area (Å²) in [6.07, 6.45) is -7.03. The van der Waals surface area contributed by atoms with Gasteiger partial charge in [-0.05, 0) is 130 Å². The average molecular weight is 1020 g/mol. The zero-order valence-electron chi connectivity index (χ0n) is 23.7. The van der Waals surface area contributed by atoms with Gasteiger partial charge in [0.2, 0.25) is 11.9 Å². The molecule has 0 aliphatic heterocycles. The van der Waals surface area contributed by atoms with Crippen molar-refractivity contribution in [1.82, 2.24) is 0 Å². The molecule has 0 radical (unpaired) electrons. The lowest BCUT2D eigenvalue weighted by Crippen LogP contribution is -2.60. The zero-order chi connectivity index (χ0) is 34.7. The minimum absolute atomic E-state index is 0.145. The van der Waals surface area contributed by atoms with Crippen LogP contribution in [0.25, 0.3) is 0 Å². The molecule has 1 N–H and O–H groups in total. The molecule has 47 heavy (non-hydrogen) atoms. The highest BCUT2D eigenvalue weighted by Crippen LogP contribution is 2.63. The van der Waals surface area contributed by atoms with E-state index in [1.807, 2.05) is 73.8 Å². The second-order valence-corrected chi connectivity index (χ2v) is 17.1. The lowest BCUT2D eigenvalue weighted by Gasteiger charge is -2.59. The van der Waals surface area contributed by atoms with E-state index in [9.17, 15) is 46.1 Å². The van der Waals surface area contributed by atoms with Crippen molar-refractivity contribution in [2.75, 3.05) is 5.75 Å². The number of alkyl halides is 3. The highest BCUT2D eigenvalue weighted by Gasteiger charge is 2.64. The highest BCUT2D eigenvalue weighted by atomic mass is 127. The first-order valence-corrected chi connectivity index (χ1v) is 18.7. The second kappa shape index (κ2) is 13.1. The molecular formula is C28H23F3I3NO11S. The Balaban J connectivity index is 1.39. The molecule has 0 spiro atoms. The number of carbonyl (C=O) groups is 3. The van der Waals surface area contributed by atoms with Gasteiger partial charge >= 0.3 is 29.8 Å². The largest absolute Gasteiger partial charge is 0.455 e. The van der Waals surface area contributed by atoms with Gasteiger partial charge in [0.25, 0.3) is 10.1 Å². The van der Waals surface area contributed by atoms with Crippen LogP contribution in [0.1, 0.15) is 59.2 Å². The van der Waals surface area contributed by atoms with Crippen molar-refractivity contribution in [3.63, 3.8) is 0 Å². The third-order valence-electron chi connectivity index (χ3n) is 8.53. The van der Waals surface area contributed by atoms with E-state index >= 15 is 0 Å². The van der Waals surface area contributed by atoms with E-state index in [2.05, 4.69) is 0 Å². The summed E-state index contributed by atoms with van der Waals surface area (Å²) >= 11 is 5.98. The van der Waals surface area contributed by atoms with Gasteiger partial charge in [-0.15, -0.1) is 0 Å². The monoisotopic (exact) mass is 1020 g/mol. The van der Waals surface area contributed by atoms with Gasteiger partial charge in [-0.1, -0.05) is 0 Å². The fraction of sp³-hybridized carbons (Fsp3) is 0.464. The Morgan fingerprint density at radius 2 is 1.68 bits per heavy atom. The average Bonchev–Trinajstić information content (AvgIpc) is 2.92. The third kappa shape index (κ3) is 7.97. The van der Waals surface area contributed by atoms with E-state index in [0.717, 1.165) is 25.3 Å². The number of rotatable bonds is 9. The maximum atomic E-state index is 13.6. The predicted molar refractivity (Wildman–Crippen MR) is 180 cm³/mol. The van der Waals surface area contributed by atoms with Crippen molar-refractivity contribution in [3.05, 3.63) is 62.3 Å². The maximum Gasteiger partial charge on any atom is 0.426 e. The SMILES string of the molecule is O=C(OC12CC3CC(C1)CC(C(=O)OC(CS(=O)(=O)O)C(F)(F)F)(C3)C2)c1ccc([N+](=O)[O-])c(OC(=O)c2cc(I)cc(I)c2I)c1. The molecule has 4 aliphatic carbocycles. The van der Waals surface area contributed by atoms with Crippen LogP contribution in [-0.2, 0) is 24.4 Å². The summed E-state index contributed by atoms with van der Waals surface area (Å²) < 4.78 is 90.2. The van der Waals surface area contributed by atoms with Gasteiger partial charge in [0.1, 0.15) is 11.4 Å². The molecule has 12 nitrogen and oxygen atoms in total. The van der Waals surface area contributed by atoms with Crippen LogP contribution >= 0.6 is 67.8 Å². The summed E-state index contributed by atoms with van der Waals surface area (Å²) in [6.45, 7) is 0. The number of halogens is 6.